The van der Waals surface area contributed by atoms with Crippen LogP contribution in [-0.2, 0) is 4.79 Å². The number of rotatable bonds is 4. The molecule has 2 aromatic rings. The third-order valence-electron chi connectivity index (χ3n) is 2.43. The van der Waals surface area contributed by atoms with Crippen molar-refractivity contribution in [2.24, 2.45) is 0 Å². The average Bonchev–Trinajstić information content (AvgIpc) is 2.40. The zero-order chi connectivity index (χ0) is 14.5. The molecule has 0 radical (unpaired) electrons. The highest BCUT2D eigenvalue weighted by atomic mass is 19.1. The molecule has 2 rings (SSSR count). The first kappa shape index (κ1) is 13.8. The number of halogens is 2. The zero-order valence-electron chi connectivity index (χ0n) is 10.4. The van der Waals surface area contributed by atoms with Crippen LogP contribution >= 0.6 is 0 Å². The monoisotopic (exact) mass is 278 g/mol. The van der Waals surface area contributed by atoms with Gasteiger partial charge in [0.15, 0.2) is 6.61 Å². The molecule has 0 heterocycles. The molecule has 0 aromatic heterocycles. The molecule has 0 aliphatic carbocycles. The molecule has 2 aromatic carbocycles. The van der Waals surface area contributed by atoms with Gasteiger partial charge in [0, 0.05) is 17.8 Å². The summed E-state index contributed by atoms with van der Waals surface area (Å²) in [6, 6.07) is 9.45. The Balaban J connectivity index is 1.92. The minimum absolute atomic E-state index is 0.104. The summed E-state index contributed by atoms with van der Waals surface area (Å²) in [6.07, 6.45) is 0. The van der Waals surface area contributed by atoms with Crippen molar-refractivity contribution in [2.75, 3.05) is 17.7 Å². The molecule has 4 nitrogen and oxygen atoms in total. The Hall–Kier alpha value is -2.63. The van der Waals surface area contributed by atoms with Gasteiger partial charge in [0.05, 0.1) is 5.69 Å². The lowest BCUT2D eigenvalue weighted by atomic mass is 10.3. The Bertz CT molecular complexity index is 632. The fourth-order valence-corrected chi connectivity index (χ4v) is 1.53. The van der Waals surface area contributed by atoms with Crippen LogP contribution in [0.1, 0.15) is 0 Å². The highest BCUT2D eigenvalue weighted by Crippen LogP contribution is 2.16. The SMILES string of the molecule is Nc1cccc(OCC(=O)Nc2ccc(F)cc2F)c1. The van der Waals surface area contributed by atoms with Crippen LogP contribution in [0, 0.1) is 11.6 Å². The number of carbonyl (C=O) groups excluding carboxylic acids is 1. The van der Waals surface area contributed by atoms with Crippen molar-refractivity contribution in [3.05, 3.63) is 54.1 Å². The van der Waals surface area contributed by atoms with Gasteiger partial charge in [0.2, 0.25) is 0 Å². The van der Waals surface area contributed by atoms with Gasteiger partial charge in [0.25, 0.3) is 5.91 Å². The molecule has 0 aliphatic heterocycles. The van der Waals surface area contributed by atoms with Crippen LogP contribution in [0.5, 0.6) is 5.75 Å². The molecular weight excluding hydrogens is 266 g/mol. The van der Waals surface area contributed by atoms with Crippen LogP contribution in [0.2, 0.25) is 0 Å². The van der Waals surface area contributed by atoms with E-state index in [4.69, 9.17) is 10.5 Å². The topological polar surface area (TPSA) is 64.3 Å². The van der Waals surface area contributed by atoms with E-state index in [2.05, 4.69) is 5.32 Å². The lowest BCUT2D eigenvalue weighted by molar-refractivity contribution is -0.118. The van der Waals surface area contributed by atoms with Gasteiger partial charge in [-0.1, -0.05) is 6.07 Å². The summed E-state index contributed by atoms with van der Waals surface area (Å²) in [5.74, 6) is -1.68. The van der Waals surface area contributed by atoms with E-state index in [9.17, 15) is 13.6 Å². The summed E-state index contributed by atoms with van der Waals surface area (Å²) >= 11 is 0. The highest BCUT2D eigenvalue weighted by molar-refractivity contribution is 5.91. The van der Waals surface area contributed by atoms with E-state index in [1.807, 2.05) is 0 Å². The maximum atomic E-state index is 13.3. The second kappa shape index (κ2) is 6.01. The normalized spacial score (nSPS) is 10.1. The maximum Gasteiger partial charge on any atom is 0.262 e. The summed E-state index contributed by atoms with van der Waals surface area (Å²) in [6.45, 7) is -0.305. The molecule has 0 fully saturated rings. The Morgan fingerprint density at radius 1 is 1.20 bits per heavy atom. The van der Waals surface area contributed by atoms with Gasteiger partial charge in [-0.3, -0.25) is 4.79 Å². The number of nitrogen functional groups attached to an aromatic ring is 1. The number of hydrogen-bond acceptors (Lipinski definition) is 3. The molecule has 0 saturated heterocycles. The molecule has 0 spiro atoms. The molecular formula is C14H12F2N2O2. The van der Waals surface area contributed by atoms with Gasteiger partial charge in [-0.15, -0.1) is 0 Å². The van der Waals surface area contributed by atoms with Gasteiger partial charge >= 0.3 is 0 Å². The smallest absolute Gasteiger partial charge is 0.262 e. The zero-order valence-corrected chi connectivity index (χ0v) is 10.4. The summed E-state index contributed by atoms with van der Waals surface area (Å²) in [7, 11) is 0. The van der Waals surface area contributed by atoms with E-state index >= 15 is 0 Å². The van der Waals surface area contributed by atoms with E-state index in [1.165, 1.54) is 0 Å². The van der Waals surface area contributed by atoms with Gasteiger partial charge in [-0.05, 0) is 24.3 Å². The lowest BCUT2D eigenvalue weighted by Crippen LogP contribution is -2.20. The number of anilines is 2. The molecule has 20 heavy (non-hydrogen) atoms. The number of benzene rings is 2. The molecule has 0 saturated carbocycles. The standard InChI is InChI=1S/C14H12F2N2O2/c15-9-4-5-13(12(16)6-9)18-14(19)8-20-11-3-1-2-10(17)7-11/h1-7H,8,17H2,(H,18,19). The first-order valence-corrected chi connectivity index (χ1v) is 5.78. The van der Waals surface area contributed by atoms with Crippen molar-refractivity contribution in [1.29, 1.82) is 0 Å². The molecule has 0 unspecified atom stereocenters. The van der Waals surface area contributed by atoms with E-state index in [0.717, 1.165) is 12.1 Å². The van der Waals surface area contributed by atoms with Crippen molar-refractivity contribution < 1.29 is 18.3 Å². The summed E-state index contributed by atoms with van der Waals surface area (Å²) in [4.78, 5) is 11.6. The van der Waals surface area contributed by atoms with Crippen molar-refractivity contribution >= 4 is 17.3 Å². The van der Waals surface area contributed by atoms with Crippen molar-refractivity contribution in [3.63, 3.8) is 0 Å². The molecule has 1 amide bonds. The molecule has 3 N–H and O–H groups in total. The Kier molecular flexibility index (Phi) is 4.14. The van der Waals surface area contributed by atoms with E-state index in [-0.39, 0.29) is 12.3 Å². The van der Waals surface area contributed by atoms with E-state index < -0.39 is 17.5 Å². The van der Waals surface area contributed by atoms with Gasteiger partial charge in [-0.25, -0.2) is 8.78 Å². The molecule has 6 heteroatoms. The lowest BCUT2D eigenvalue weighted by Gasteiger charge is -2.08. The highest BCUT2D eigenvalue weighted by Gasteiger charge is 2.08. The molecule has 0 atom stereocenters. The van der Waals surface area contributed by atoms with Crippen LogP contribution < -0.4 is 15.8 Å². The van der Waals surface area contributed by atoms with Crippen LogP contribution in [0.15, 0.2) is 42.5 Å². The van der Waals surface area contributed by atoms with Gasteiger partial charge in [-0.2, -0.15) is 0 Å². The van der Waals surface area contributed by atoms with Gasteiger partial charge in [0.1, 0.15) is 17.4 Å². The third-order valence-corrected chi connectivity index (χ3v) is 2.43. The number of nitrogens with two attached hydrogens (primary N) is 1. The first-order chi connectivity index (χ1) is 9.54. The van der Waals surface area contributed by atoms with Crippen LogP contribution in [-0.4, -0.2) is 12.5 Å². The largest absolute Gasteiger partial charge is 0.484 e. The van der Waals surface area contributed by atoms with Crippen LogP contribution in [0.3, 0.4) is 0 Å². The second-order valence-electron chi connectivity index (χ2n) is 4.03. The second-order valence-corrected chi connectivity index (χ2v) is 4.03. The Labute approximate surface area is 114 Å². The van der Waals surface area contributed by atoms with Crippen LogP contribution in [0.4, 0.5) is 20.2 Å². The first-order valence-electron chi connectivity index (χ1n) is 5.78. The Morgan fingerprint density at radius 2 is 2.00 bits per heavy atom. The van der Waals surface area contributed by atoms with E-state index in [1.54, 1.807) is 24.3 Å². The minimum Gasteiger partial charge on any atom is -0.484 e. The average molecular weight is 278 g/mol. The number of hydrogen-bond donors (Lipinski definition) is 2. The Morgan fingerprint density at radius 3 is 2.70 bits per heavy atom. The predicted molar refractivity (Wildman–Crippen MR) is 71.3 cm³/mol. The molecule has 0 bridgehead atoms. The number of carbonyl (C=O) groups is 1. The maximum absolute atomic E-state index is 13.3. The fourth-order valence-electron chi connectivity index (χ4n) is 1.53. The molecule has 0 aliphatic rings. The predicted octanol–water partition coefficient (Wildman–Crippen LogP) is 2.56. The number of amides is 1. The summed E-state index contributed by atoms with van der Waals surface area (Å²) < 4.78 is 31.2. The number of ether oxygens (including phenoxy) is 1. The number of nitrogens with one attached hydrogen (secondary N) is 1. The van der Waals surface area contributed by atoms with Crippen molar-refractivity contribution in [3.8, 4) is 5.75 Å². The van der Waals surface area contributed by atoms with Crippen LogP contribution in [0.25, 0.3) is 0 Å². The van der Waals surface area contributed by atoms with Crippen molar-refractivity contribution in [1.82, 2.24) is 0 Å². The van der Waals surface area contributed by atoms with E-state index in [0.29, 0.717) is 17.5 Å². The molecule has 104 valence electrons. The fraction of sp³-hybridized carbons (Fsp3) is 0.0714. The third kappa shape index (κ3) is 3.68. The summed E-state index contributed by atoms with van der Waals surface area (Å²) in [5.41, 5.74) is 5.96. The van der Waals surface area contributed by atoms with Crippen molar-refractivity contribution in [2.45, 2.75) is 0 Å². The quantitative estimate of drug-likeness (QED) is 0.845. The minimum atomic E-state index is -0.845. The summed E-state index contributed by atoms with van der Waals surface area (Å²) in [5, 5.41) is 2.29. The van der Waals surface area contributed by atoms with Gasteiger partial charge < -0.3 is 15.8 Å².